The van der Waals surface area contributed by atoms with Crippen LogP contribution >= 0.6 is 0 Å². The molecule has 1 heterocycles. The Morgan fingerprint density at radius 2 is 1.95 bits per heavy atom. The molecule has 4 N–H and O–H groups in total. The fourth-order valence-corrected chi connectivity index (χ4v) is 2.71. The van der Waals surface area contributed by atoms with Gasteiger partial charge in [0.2, 0.25) is 11.8 Å². The van der Waals surface area contributed by atoms with Gasteiger partial charge in [-0.05, 0) is 37.0 Å². The van der Waals surface area contributed by atoms with Crippen molar-refractivity contribution in [2.24, 2.45) is 11.1 Å². The van der Waals surface area contributed by atoms with E-state index in [0.29, 0.717) is 31.6 Å². The molecule has 2 rings (SSSR count). The standard InChI is InChI=1S/C16H23N3O2/c1-11(12-3-5-13(17)6-4-12)9-14(20)19-8-7-16(2,10-19)15(18)21/h3-6,11H,7-10,17H2,1-2H3,(H2,18,21). The fourth-order valence-electron chi connectivity index (χ4n) is 2.71. The van der Waals surface area contributed by atoms with Crippen molar-refractivity contribution in [2.45, 2.75) is 32.6 Å². The van der Waals surface area contributed by atoms with Crippen molar-refractivity contribution in [1.82, 2.24) is 4.90 Å². The number of hydrogen-bond donors (Lipinski definition) is 2. The van der Waals surface area contributed by atoms with Crippen LogP contribution in [0, 0.1) is 5.41 Å². The van der Waals surface area contributed by atoms with Gasteiger partial charge in [-0.2, -0.15) is 0 Å². The maximum Gasteiger partial charge on any atom is 0.225 e. The molecular weight excluding hydrogens is 266 g/mol. The Balaban J connectivity index is 1.96. The van der Waals surface area contributed by atoms with Crippen LogP contribution in [0.2, 0.25) is 0 Å². The Morgan fingerprint density at radius 3 is 2.48 bits per heavy atom. The number of nitrogens with zero attached hydrogens (tertiary/aromatic N) is 1. The first kappa shape index (κ1) is 15.4. The molecule has 0 aliphatic carbocycles. The van der Waals surface area contributed by atoms with Crippen LogP contribution in [0.15, 0.2) is 24.3 Å². The topological polar surface area (TPSA) is 89.4 Å². The normalized spacial score (nSPS) is 23.0. The first-order chi connectivity index (χ1) is 9.82. The van der Waals surface area contributed by atoms with Gasteiger partial charge in [0.25, 0.3) is 0 Å². The van der Waals surface area contributed by atoms with Gasteiger partial charge in [0.05, 0.1) is 5.41 Å². The highest BCUT2D eigenvalue weighted by Gasteiger charge is 2.40. The van der Waals surface area contributed by atoms with E-state index in [-0.39, 0.29) is 17.7 Å². The predicted octanol–water partition coefficient (Wildman–Crippen LogP) is 1.49. The maximum absolute atomic E-state index is 12.4. The van der Waals surface area contributed by atoms with Crippen molar-refractivity contribution < 1.29 is 9.59 Å². The van der Waals surface area contributed by atoms with Crippen LogP contribution in [0.3, 0.4) is 0 Å². The molecule has 2 atom stereocenters. The summed E-state index contributed by atoms with van der Waals surface area (Å²) in [5.74, 6) is -0.132. The lowest BCUT2D eigenvalue weighted by molar-refractivity contribution is -0.131. The SMILES string of the molecule is CC(CC(=O)N1CCC(C)(C(N)=O)C1)c1ccc(N)cc1. The van der Waals surface area contributed by atoms with E-state index in [0.717, 1.165) is 5.56 Å². The molecule has 0 bridgehead atoms. The zero-order valence-electron chi connectivity index (χ0n) is 12.6. The Kier molecular flexibility index (Phi) is 4.21. The highest BCUT2D eigenvalue weighted by molar-refractivity contribution is 5.84. The zero-order chi connectivity index (χ0) is 15.6. The highest BCUT2D eigenvalue weighted by atomic mass is 16.2. The second kappa shape index (κ2) is 5.76. The summed E-state index contributed by atoms with van der Waals surface area (Å²) in [6, 6.07) is 7.59. The molecule has 114 valence electrons. The Morgan fingerprint density at radius 1 is 1.33 bits per heavy atom. The van der Waals surface area contributed by atoms with Gasteiger partial charge < -0.3 is 16.4 Å². The number of benzene rings is 1. The summed E-state index contributed by atoms with van der Waals surface area (Å²) in [6.45, 7) is 4.88. The van der Waals surface area contributed by atoms with Gasteiger partial charge in [0.15, 0.2) is 0 Å². The summed E-state index contributed by atoms with van der Waals surface area (Å²) in [4.78, 5) is 25.5. The number of carbonyl (C=O) groups is 2. The molecule has 1 aliphatic heterocycles. The molecule has 0 spiro atoms. The van der Waals surface area contributed by atoms with Gasteiger partial charge in [-0.25, -0.2) is 0 Å². The van der Waals surface area contributed by atoms with Crippen LogP contribution in [0.4, 0.5) is 5.69 Å². The van der Waals surface area contributed by atoms with E-state index < -0.39 is 5.41 Å². The van der Waals surface area contributed by atoms with E-state index in [9.17, 15) is 9.59 Å². The summed E-state index contributed by atoms with van der Waals surface area (Å²) in [5, 5.41) is 0. The molecule has 0 aromatic heterocycles. The molecule has 21 heavy (non-hydrogen) atoms. The van der Waals surface area contributed by atoms with E-state index in [1.807, 2.05) is 38.1 Å². The molecule has 2 unspecified atom stereocenters. The number of rotatable bonds is 4. The molecule has 5 nitrogen and oxygen atoms in total. The van der Waals surface area contributed by atoms with Crippen LogP contribution in [0.25, 0.3) is 0 Å². The van der Waals surface area contributed by atoms with Crippen LogP contribution in [0.1, 0.15) is 38.2 Å². The first-order valence-electron chi connectivity index (χ1n) is 7.25. The van der Waals surface area contributed by atoms with Gasteiger partial charge in [-0.15, -0.1) is 0 Å². The zero-order valence-corrected chi connectivity index (χ0v) is 12.6. The molecule has 1 aromatic carbocycles. The Hall–Kier alpha value is -2.04. The summed E-state index contributed by atoms with van der Waals surface area (Å²) in [5.41, 5.74) is 12.3. The first-order valence-corrected chi connectivity index (χ1v) is 7.25. The third kappa shape index (κ3) is 3.35. The molecule has 0 saturated carbocycles. The van der Waals surface area contributed by atoms with Crippen LogP contribution < -0.4 is 11.5 Å². The number of likely N-dealkylation sites (tertiary alicyclic amines) is 1. The monoisotopic (exact) mass is 289 g/mol. The molecule has 5 heteroatoms. The molecular formula is C16H23N3O2. The van der Waals surface area contributed by atoms with Gasteiger partial charge >= 0.3 is 0 Å². The Bertz CT molecular complexity index is 541. The van der Waals surface area contributed by atoms with Crippen molar-refractivity contribution in [3.8, 4) is 0 Å². The minimum absolute atomic E-state index is 0.0734. The number of nitrogens with two attached hydrogens (primary N) is 2. The van der Waals surface area contributed by atoms with Crippen molar-refractivity contribution in [1.29, 1.82) is 0 Å². The average molecular weight is 289 g/mol. The molecule has 1 aromatic rings. The summed E-state index contributed by atoms with van der Waals surface area (Å²) < 4.78 is 0. The molecule has 2 amide bonds. The van der Waals surface area contributed by atoms with Crippen LogP contribution in [0.5, 0.6) is 0 Å². The third-order valence-corrected chi connectivity index (χ3v) is 4.41. The number of amides is 2. The van der Waals surface area contributed by atoms with E-state index in [2.05, 4.69) is 0 Å². The van der Waals surface area contributed by atoms with Gasteiger partial charge in [0.1, 0.15) is 0 Å². The summed E-state index contributed by atoms with van der Waals surface area (Å²) in [6.07, 6.45) is 1.07. The number of carbonyl (C=O) groups excluding carboxylic acids is 2. The minimum Gasteiger partial charge on any atom is -0.399 e. The molecule has 1 aliphatic rings. The van der Waals surface area contributed by atoms with E-state index >= 15 is 0 Å². The minimum atomic E-state index is -0.583. The van der Waals surface area contributed by atoms with Crippen LogP contribution in [-0.4, -0.2) is 29.8 Å². The van der Waals surface area contributed by atoms with E-state index in [1.165, 1.54) is 0 Å². The lowest BCUT2D eigenvalue weighted by Gasteiger charge is -2.22. The number of hydrogen-bond acceptors (Lipinski definition) is 3. The third-order valence-electron chi connectivity index (χ3n) is 4.41. The van der Waals surface area contributed by atoms with Gasteiger partial charge in [0, 0.05) is 25.2 Å². The van der Waals surface area contributed by atoms with Gasteiger partial charge in [-0.3, -0.25) is 9.59 Å². The maximum atomic E-state index is 12.4. The highest BCUT2D eigenvalue weighted by Crippen LogP contribution is 2.31. The summed E-state index contributed by atoms with van der Waals surface area (Å²) in [7, 11) is 0. The lowest BCUT2D eigenvalue weighted by Crippen LogP contribution is -2.38. The molecule has 0 radical (unpaired) electrons. The average Bonchev–Trinajstić information content (AvgIpc) is 2.83. The number of anilines is 1. The van der Waals surface area contributed by atoms with Crippen molar-refractivity contribution in [2.75, 3.05) is 18.8 Å². The Labute approximate surface area is 125 Å². The second-order valence-corrected chi connectivity index (χ2v) is 6.26. The van der Waals surface area contributed by atoms with Crippen molar-refractivity contribution in [3.05, 3.63) is 29.8 Å². The molecule has 1 fully saturated rings. The summed E-state index contributed by atoms with van der Waals surface area (Å²) >= 11 is 0. The quantitative estimate of drug-likeness (QED) is 0.823. The van der Waals surface area contributed by atoms with Crippen LogP contribution in [-0.2, 0) is 9.59 Å². The van der Waals surface area contributed by atoms with Crippen molar-refractivity contribution in [3.63, 3.8) is 0 Å². The molecule has 1 saturated heterocycles. The smallest absolute Gasteiger partial charge is 0.225 e. The number of nitrogen functional groups attached to an aromatic ring is 1. The van der Waals surface area contributed by atoms with E-state index in [1.54, 1.807) is 4.90 Å². The fraction of sp³-hybridized carbons (Fsp3) is 0.500. The van der Waals surface area contributed by atoms with Gasteiger partial charge in [-0.1, -0.05) is 19.1 Å². The largest absolute Gasteiger partial charge is 0.399 e. The second-order valence-electron chi connectivity index (χ2n) is 6.26. The number of primary amides is 1. The lowest BCUT2D eigenvalue weighted by atomic mass is 9.89. The van der Waals surface area contributed by atoms with Crippen molar-refractivity contribution >= 4 is 17.5 Å². The van der Waals surface area contributed by atoms with E-state index in [4.69, 9.17) is 11.5 Å². The predicted molar refractivity (Wildman–Crippen MR) is 82.4 cm³/mol.